The van der Waals surface area contributed by atoms with Gasteiger partial charge in [-0.25, -0.2) is 0 Å². The minimum Gasteiger partial charge on any atom is -0.354 e. The summed E-state index contributed by atoms with van der Waals surface area (Å²) < 4.78 is 0. The van der Waals surface area contributed by atoms with E-state index in [1.165, 1.54) is 0 Å². The van der Waals surface area contributed by atoms with Gasteiger partial charge in [-0.3, -0.25) is 39.2 Å². The van der Waals surface area contributed by atoms with Gasteiger partial charge in [0.15, 0.2) is 0 Å². The Morgan fingerprint density at radius 3 is 2.52 bits per heavy atom. The average Bonchev–Trinajstić information content (AvgIpc) is 3.18. The maximum absolute atomic E-state index is 13.6. The molecular formula is C30H27N5O5. The summed E-state index contributed by atoms with van der Waals surface area (Å²) in [5.41, 5.74) is 5.77. The molecule has 202 valence electrons. The zero-order valence-corrected chi connectivity index (χ0v) is 22.3. The van der Waals surface area contributed by atoms with Crippen LogP contribution in [0.3, 0.4) is 0 Å². The zero-order valence-electron chi connectivity index (χ0n) is 22.3. The van der Waals surface area contributed by atoms with Gasteiger partial charge < -0.3 is 10.2 Å². The standard InChI is InChI=1S/C30H27N5O5/c1-15-11-18-13-20(17-9-10-31-16(2)12-17)22(14-24(18)34(3)28(15)38)32-21-6-4-5-19-26(21)30(40)35(29(19)39)23-7-8-25(36)33-27(23)37/h4-6,9-10,12-15,23,32H,7-8,11H2,1-3H3,(H,33,36,37)/t15-,23-/m0/s1. The lowest BCUT2D eigenvalue weighted by atomic mass is 9.89. The largest absolute Gasteiger partial charge is 0.354 e. The third-order valence-corrected chi connectivity index (χ3v) is 7.80. The van der Waals surface area contributed by atoms with Crippen LogP contribution in [0.5, 0.6) is 0 Å². The molecule has 1 fully saturated rings. The highest BCUT2D eigenvalue weighted by molar-refractivity contribution is 6.25. The molecular weight excluding hydrogens is 510 g/mol. The van der Waals surface area contributed by atoms with Gasteiger partial charge in [0.2, 0.25) is 17.7 Å². The van der Waals surface area contributed by atoms with Crippen LogP contribution in [0.1, 0.15) is 51.7 Å². The van der Waals surface area contributed by atoms with Crippen molar-refractivity contribution in [1.82, 2.24) is 15.2 Å². The number of nitrogens with zero attached hydrogens (tertiary/aromatic N) is 3. The molecule has 2 N–H and O–H groups in total. The predicted molar refractivity (Wildman–Crippen MR) is 147 cm³/mol. The van der Waals surface area contributed by atoms with E-state index < -0.39 is 29.7 Å². The first kappa shape index (κ1) is 25.4. The number of aryl methyl sites for hydroxylation is 1. The van der Waals surface area contributed by atoms with Crippen molar-refractivity contribution in [2.75, 3.05) is 17.3 Å². The SMILES string of the molecule is Cc1cc(-c2cc3c(cc2Nc2cccc4c2C(=O)N([C@H]2CCC(=O)NC2=O)C4=O)N(C)C(=O)[C@@H](C)C3)ccn1. The van der Waals surface area contributed by atoms with Gasteiger partial charge in [0.1, 0.15) is 6.04 Å². The van der Waals surface area contributed by atoms with E-state index in [1.54, 1.807) is 36.3 Å². The van der Waals surface area contributed by atoms with Gasteiger partial charge in [-0.15, -0.1) is 0 Å². The van der Waals surface area contributed by atoms with Crippen molar-refractivity contribution in [1.29, 1.82) is 0 Å². The van der Waals surface area contributed by atoms with E-state index in [9.17, 15) is 24.0 Å². The Bertz CT molecular complexity index is 1650. The second kappa shape index (κ2) is 9.41. The minimum atomic E-state index is -1.06. The van der Waals surface area contributed by atoms with E-state index in [1.807, 2.05) is 32.0 Å². The maximum Gasteiger partial charge on any atom is 0.264 e. The van der Waals surface area contributed by atoms with Crippen molar-refractivity contribution < 1.29 is 24.0 Å². The van der Waals surface area contributed by atoms with Crippen molar-refractivity contribution in [2.45, 2.75) is 39.2 Å². The first-order valence-electron chi connectivity index (χ1n) is 13.1. The number of aromatic nitrogens is 1. The fourth-order valence-electron chi connectivity index (χ4n) is 5.79. The molecule has 40 heavy (non-hydrogen) atoms. The summed E-state index contributed by atoms with van der Waals surface area (Å²) in [5, 5.41) is 5.59. The van der Waals surface area contributed by atoms with Crippen LogP contribution >= 0.6 is 0 Å². The topological polar surface area (TPSA) is 129 Å². The van der Waals surface area contributed by atoms with Crippen molar-refractivity contribution in [3.05, 3.63) is 71.0 Å². The van der Waals surface area contributed by atoms with Gasteiger partial charge in [0.05, 0.1) is 16.8 Å². The molecule has 3 aromatic rings. The number of imide groups is 2. The molecule has 0 unspecified atom stereocenters. The Morgan fingerprint density at radius 2 is 1.77 bits per heavy atom. The van der Waals surface area contributed by atoms with E-state index in [0.29, 0.717) is 17.8 Å². The molecule has 0 saturated carbocycles. The highest BCUT2D eigenvalue weighted by Gasteiger charge is 2.45. The number of hydrogen-bond donors (Lipinski definition) is 2. The lowest BCUT2D eigenvalue weighted by molar-refractivity contribution is -0.136. The minimum absolute atomic E-state index is 0.0206. The van der Waals surface area contributed by atoms with Crippen LogP contribution < -0.4 is 15.5 Å². The first-order chi connectivity index (χ1) is 19.1. The highest BCUT2D eigenvalue weighted by atomic mass is 16.2. The van der Waals surface area contributed by atoms with Gasteiger partial charge in [0, 0.05) is 48.2 Å². The maximum atomic E-state index is 13.6. The van der Waals surface area contributed by atoms with Crippen LogP contribution in [0.2, 0.25) is 0 Å². The molecule has 1 aromatic heterocycles. The molecule has 6 rings (SSSR count). The second-order valence-electron chi connectivity index (χ2n) is 10.5. The molecule has 10 heteroatoms. The Labute approximate surface area is 230 Å². The van der Waals surface area contributed by atoms with Crippen LogP contribution in [0.4, 0.5) is 17.1 Å². The number of amides is 5. The molecule has 10 nitrogen and oxygen atoms in total. The number of nitrogens with one attached hydrogen (secondary N) is 2. The summed E-state index contributed by atoms with van der Waals surface area (Å²) >= 11 is 0. The molecule has 1 saturated heterocycles. The number of pyridine rings is 1. The fourth-order valence-corrected chi connectivity index (χ4v) is 5.79. The molecule has 3 aliphatic rings. The summed E-state index contributed by atoms with van der Waals surface area (Å²) in [6.45, 7) is 3.82. The lowest BCUT2D eigenvalue weighted by Gasteiger charge is -2.31. The number of carbonyl (C=O) groups excluding carboxylic acids is 5. The van der Waals surface area contributed by atoms with E-state index in [0.717, 1.165) is 33.0 Å². The number of benzene rings is 2. The average molecular weight is 538 g/mol. The fraction of sp³-hybridized carbons (Fsp3) is 0.267. The van der Waals surface area contributed by atoms with Crippen LogP contribution in [0.25, 0.3) is 11.1 Å². The van der Waals surface area contributed by atoms with Gasteiger partial charge in [0.25, 0.3) is 11.8 Å². The lowest BCUT2D eigenvalue weighted by Crippen LogP contribution is -2.54. The van der Waals surface area contributed by atoms with Gasteiger partial charge in [-0.2, -0.15) is 0 Å². The van der Waals surface area contributed by atoms with E-state index >= 15 is 0 Å². The number of piperidine rings is 1. The number of anilines is 3. The highest BCUT2D eigenvalue weighted by Crippen LogP contribution is 2.41. The van der Waals surface area contributed by atoms with Crippen LogP contribution in [-0.2, 0) is 20.8 Å². The van der Waals surface area contributed by atoms with Gasteiger partial charge in [-0.1, -0.05) is 13.0 Å². The van der Waals surface area contributed by atoms with Crippen LogP contribution in [0.15, 0.2) is 48.7 Å². The number of fused-ring (bicyclic) bond motifs is 2. The molecule has 0 radical (unpaired) electrons. The molecule has 4 heterocycles. The van der Waals surface area contributed by atoms with Gasteiger partial charge in [-0.05, 0) is 67.3 Å². The quantitative estimate of drug-likeness (QED) is 0.489. The van der Waals surface area contributed by atoms with Crippen molar-refractivity contribution in [3.63, 3.8) is 0 Å². The monoisotopic (exact) mass is 537 g/mol. The smallest absolute Gasteiger partial charge is 0.264 e. The normalized spacial score (nSPS) is 20.4. The van der Waals surface area contributed by atoms with Crippen LogP contribution in [0, 0.1) is 12.8 Å². The third kappa shape index (κ3) is 4.03. The number of carbonyl (C=O) groups is 5. The van der Waals surface area contributed by atoms with Crippen LogP contribution in [-0.4, -0.2) is 52.5 Å². The predicted octanol–water partition coefficient (Wildman–Crippen LogP) is 3.36. The molecule has 0 bridgehead atoms. The van der Waals surface area contributed by atoms with E-state index in [-0.39, 0.29) is 35.8 Å². The number of hydrogen-bond acceptors (Lipinski definition) is 7. The molecule has 5 amide bonds. The summed E-state index contributed by atoms with van der Waals surface area (Å²) in [7, 11) is 1.75. The molecule has 3 aliphatic heterocycles. The summed E-state index contributed by atoms with van der Waals surface area (Å²) in [4.78, 5) is 70.8. The summed E-state index contributed by atoms with van der Waals surface area (Å²) in [6, 6.07) is 11.7. The van der Waals surface area contributed by atoms with Gasteiger partial charge >= 0.3 is 0 Å². The summed E-state index contributed by atoms with van der Waals surface area (Å²) in [5.74, 6) is -2.39. The van der Waals surface area contributed by atoms with Crippen molar-refractivity contribution in [3.8, 4) is 11.1 Å². The Balaban J connectivity index is 1.44. The third-order valence-electron chi connectivity index (χ3n) is 7.80. The van der Waals surface area contributed by atoms with E-state index in [4.69, 9.17) is 0 Å². The Hall–Kier alpha value is -4.86. The summed E-state index contributed by atoms with van der Waals surface area (Å²) in [6.07, 6.45) is 2.45. The number of rotatable bonds is 4. The Morgan fingerprint density at radius 1 is 0.975 bits per heavy atom. The molecule has 0 aliphatic carbocycles. The zero-order chi connectivity index (χ0) is 28.3. The van der Waals surface area contributed by atoms with Crippen molar-refractivity contribution >= 4 is 46.6 Å². The Kier molecular flexibility index (Phi) is 5.98. The molecule has 2 aromatic carbocycles. The second-order valence-corrected chi connectivity index (χ2v) is 10.5. The first-order valence-corrected chi connectivity index (χ1v) is 13.1. The van der Waals surface area contributed by atoms with E-state index in [2.05, 4.69) is 21.7 Å². The van der Waals surface area contributed by atoms with Crippen molar-refractivity contribution in [2.24, 2.45) is 5.92 Å². The molecule has 0 spiro atoms. The molecule has 2 atom stereocenters.